The molecule has 14 heteroatoms. The van der Waals surface area contributed by atoms with Gasteiger partial charge < -0.3 is 20.3 Å². The molecule has 0 bridgehead atoms. The Bertz CT molecular complexity index is 1620. The van der Waals surface area contributed by atoms with Gasteiger partial charge in [0, 0.05) is 28.1 Å². The minimum Gasteiger partial charge on any atom is -0.494 e. The van der Waals surface area contributed by atoms with Gasteiger partial charge in [0.15, 0.2) is 5.82 Å². The summed E-state index contributed by atoms with van der Waals surface area (Å²) in [5.74, 6) is -4.02. The minimum atomic E-state index is -5.47. The van der Waals surface area contributed by atoms with Gasteiger partial charge in [-0.05, 0) is 56.3 Å². The number of alkyl halides is 3. The van der Waals surface area contributed by atoms with Gasteiger partial charge in [-0.15, -0.1) is 10.2 Å². The van der Waals surface area contributed by atoms with Crippen LogP contribution in [0.15, 0.2) is 48.5 Å². The number of nitrogens with one attached hydrogen (secondary N) is 1. The van der Waals surface area contributed by atoms with Crippen molar-refractivity contribution in [2.75, 3.05) is 13.7 Å². The molecule has 0 aliphatic carbocycles. The summed E-state index contributed by atoms with van der Waals surface area (Å²) in [4.78, 5) is 16.6. The van der Waals surface area contributed by atoms with E-state index < -0.39 is 64.4 Å². The molecule has 3 N–H and O–H groups in total. The maximum absolute atomic E-state index is 15.4. The fourth-order valence-corrected chi connectivity index (χ4v) is 4.02. The van der Waals surface area contributed by atoms with Crippen molar-refractivity contribution < 1.29 is 46.1 Å². The molecule has 4 aromatic rings. The Morgan fingerprint density at radius 1 is 0.976 bits per heavy atom. The van der Waals surface area contributed by atoms with Crippen LogP contribution in [0.2, 0.25) is 0 Å². The molecule has 2 aromatic heterocycles. The second-order valence-corrected chi connectivity index (χ2v) is 9.61. The monoisotopic (exact) mass is 580 g/mol. The van der Waals surface area contributed by atoms with Gasteiger partial charge in [0.25, 0.3) is 5.91 Å². The van der Waals surface area contributed by atoms with Crippen molar-refractivity contribution in [3.05, 3.63) is 82.9 Å². The van der Waals surface area contributed by atoms with Gasteiger partial charge in [0.1, 0.15) is 22.8 Å². The van der Waals surface area contributed by atoms with E-state index in [0.29, 0.717) is 6.07 Å². The van der Waals surface area contributed by atoms with Gasteiger partial charge in [-0.1, -0.05) is 0 Å². The van der Waals surface area contributed by atoms with Crippen LogP contribution in [0.1, 0.15) is 35.5 Å². The van der Waals surface area contributed by atoms with E-state index in [1.807, 2.05) is 5.32 Å². The number of ether oxygens (including phenoxy) is 1. The molecule has 216 valence electrons. The fraction of sp³-hybridized carbons (Fsp3) is 0.259. The number of rotatable bonds is 7. The first-order valence-corrected chi connectivity index (χ1v) is 11.8. The number of hydrogen-bond donors (Lipinski definition) is 3. The summed E-state index contributed by atoms with van der Waals surface area (Å²) in [6, 6.07) is 7.73. The summed E-state index contributed by atoms with van der Waals surface area (Å²) in [7, 11) is 1.23. The number of fused-ring (bicyclic) bond motifs is 1. The molecule has 0 radical (unpaired) electrons. The van der Waals surface area contributed by atoms with Gasteiger partial charge in [-0.25, -0.2) is 13.8 Å². The van der Waals surface area contributed by atoms with Crippen LogP contribution in [-0.2, 0) is 11.2 Å². The zero-order valence-electron chi connectivity index (χ0n) is 21.6. The first kappa shape index (κ1) is 29.7. The standard InChI is InChI=1S/C27H22F6N4O4/c1-25(2,39)17-11-19(35-23(21(17)30)13-4-6-16(28)7-5-13)26(40,27(31,32)33)12-34-24(38)15-8-14-10-20(29)36-37-22(14)18(9-15)41-3/h4-11,39-40H,12H2,1-3H3,(H,34,38)/t26-/m0/s1. The largest absolute Gasteiger partial charge is 0.494 e. The van der Waals surface area contributed by atoms with Gasteiger partial charge in [-0.3, -0.25) is 4.79 Å². The van der Waals surface area contributed by atoms with Crippen molar-refractivity contribution in [1.82, 2.24) is 20.5 Å². The highest BCUT2D eigenvalue weighted by Gasteiger charge is 2.57. The fourth-order valence-electron chi connectivity index (χ4n) is 4.02. The third-order valence-corrected chi connectivity index (χ3v) is 6.24. The first-order valence-electron chi connectivity index (χ1n) is 11.8. The number of carbonyl (C=O) groups excluding carboxylic acids is 1. The first-order chi connectivity index (χ1) is 19.0. The average molecular weight is 580 g/mol. The number of hydrogen-bond acceptors (Lipinski definition) is 7. The molecular formula is C27H22F6N4O4. The Hall–Kier alpha value is -4.30. The van der Waals surface area contributed by atoms with E-state index in [1.54, 1.807) is 0 Å². The lowest BCUT2D eigenvalue weighted by Gasteiger charge is -2.32. The van der Waals surface area contributed by atoms with Crippen LogP contribution in [0.4, 0.5) is 26.3 Å². The van der Waals surface area contributed by atoms with Crippen molar-refractivity contribution in [3.63, 3.8) is 0 Å². The molecule has 0 unspecified atom stereocenters. The van der Waals surface area contributed by atoms with E-state index in [2.05, 4.69) is 15.2 Å². The second-order valence-electron chi connectivity index (χ2n) is 9.61. The molecule has 41 heavy (non-hydrogen) atoms. The topological polar surface area (TPSA) is 117 Å². The Kier molecular flexibility index (Phi) is 7.67. The molecule has 0 aliphatic rings. The summed E-state index contributed by atoms with van der Waals surface area (Å²) in [6.45, 7) is 0.724. The second kappa shape index (κ2) is 10.6. The maximum Gasteiger partial charge on any atom is 0.424 e. The number of pyridine rings is 1. The average Bonchev–Trinajstić information content (AvgIpc) is 2.90. The van der Waals surface area contributed by atoms with Gasteiger partial charge >= 0.3 is 6.18 Å². The van der Waals surface area contributed by atoms with E-state index in [1.165, 1.54) is 7.11 Å². The Balaban J connectivity index is 1.79. The van der Waals surface area contributed by atoms with Crippen LogP contribution >= 0.6 is 0 Å². The summed E-state index contributed by atoms with van der Waals surface area (Å²) in [6.07, 6.45) is -5.47. The molecule has 0 spiro atoms. The number of benzene rings is 2. The lowest BCUT2D eigenvalue weighted by atomic mass is 9.90. The van der Waals surface area contributed by atoms with Crippen molar-refractivity contribution in [3.8, 4) is 17.0 Å². The Morgan fingerprint density at radius 2 is 1.63 bits per heavy atom. The van der Waals surface area contributed by atoms with Crippen LogP contribution in [0.25, 0.3) is 22.2 Å². The van der Waals surface area contributed by atoms with Crippen molar-refractivity contribution in [2.24, 2.45) is 0 Å². The molecule has 8 nitrogen and oxygen atoms in total. The maximum atomic E-state index is 15.4. The highest BCUT2D eigenvalue weighted by Crippen LogP contribution is 2.41. The molecule has 2 aromatic carbocycles. The van der Waals surface area contributed by atoms with Crippen LogP contribution in [0.3, 0.4) is 0 Å². The summed E-state index contributed by atoms with van der Waals surface area (Å²) >= 11 is 0. The van der Waals surface area contributed by atoms with Gasteiger partial charge in [0.2, 0.25) is 11.5 Å². The SMILES string of the molecule is COc1cc(C(=O)NC[C@](O)(c2cc(C(C)(C)O)c(F)c(-c3ccc(F)cc3)n2)C(F)(F)F)cc2cc(F)nnc12. The molecule has 4 rings (SSSR count). The van der Waals surface area contributed by atoms with Crippen LogP contribution < -0.4 is 10.1 Å². The lowest BCUT2D eigenvalue weighted by Crippen LogP contribution is -2.51. The number of aromatic nitrogens is 3. The van der Waals surface area contributed by atoms with Gasteiger partial charge in [0.05, 0.1) is 24.9 Å². The number of carbonyl (C=O) groups is 1. The third-order valence-electron chi connectivity index (χ3n) is 6.24. The van der Waals surface area contributed by atoms with E-state index in [-0.39, 0.29) is 27.8 Å². The Morgan fingerprint density at radius 3 is 2.22 bits per heavy atom. The lowest BCUT2D eigenvalue weighted by molar-refractivity contribution is -0.265. The third kappa shape index (κ3) is 5.79. The molecule has 0 fully saturated rings. The molecular weight excluding hydrogens is 558 g/mol. The molecule has 2 heterocycles. The summed E-state index contributed by atoms with van der Waals surface area (Å²) < 4.78 is 90.8. The highest BCUT2D eigenvalue weighted by atomic mass is 19.4. The molecule has 0 saturated carbocycles. The number of methoxy groups -OCH3 is 1. The number of amides is 1. The smallest absolute Gasteiger partial charge is 0.424 e. The van der Waals surface area contributed by atoms with E-state index in [0.717, 1.165) is 56.3 Å². The number of halogens is 6. The van der Waals surface area contributed by atoms with E-state index >= 15 is 4.39 Å². The zero-order valence-corrected chi connectivity index (χ0v) is 21.6. The number of nitrogens with zero attached hydrogens (tertiary/aromatic N) is 3. The van der Waals surface area contributed by atoms with Crippen molar-refractivity contribution >= 4 is 16.8 Å². The molecule has 1 amide bonds. The van der Waals surface area contributed by atoms with E-state index in [9.17, 15) is 37.0 Å². The zero-order chi connectivity index (χ0) is 30.3. The molecule has 0 aliphatic heterocycles. The summed E-state index contributed by atoms with van der Waals surface area (Å²) in [5.41, 5.74) is -8.72. The molecule has 1 atom stereocenters. The van der Waals surface area contributed by atoms with E-state index in [4.69, 9.17) is 4.74 Å². The highest BCUT2D eigenvalue weighted by molar-refractivity contribution is 5.99. The predicted octanol–water partition coefficient (Wildman–Crippen LogP) is 4.53. The predicted molar refractivity (Wildman–Crippen MR) is 133 cm³/mol. The van der Waals surface area contributed by atoms with Crippen LogP contribution in [0, 0.1) is 17.6 Å². The van der Waals surface area contributed by atoms with Gasteiger partial charge in [-0.2, -0.15) is 17.6 Å². The normalized spacial score (nSPS) is 13.6. The summed E-state index contributed by atoms with van der Waals surface area (Å²) in [5, 5.41) is 30.4. The molecule has 0 saturated heterocycles. The Labute approximate surface area is 228 Å². The van der Waals surface area contributed by atoms with Crippen molar-refractivity contribution in [2.45, 2.75) is 31.2 Å². The van der Waals surface area contributed by atoms with Crippen LogP contribution in [-0.4, -0.2) is 51.1 Å². The quantitative estimate of drug-likeness (QED) is 0.275. The van der Waals surface area contributed by atoms with Crippen molar-refractivity contribution in [1.29, 1.82) is 0 Å². The van der Waals surface area contributed by atoms with Crippen LogP contribution in [0.5, 0.6) is 5.75 Å². The number of aliphatic hydroxyl groups is 2. The minimum absolute atomic E-state index is 0.0230.